The molecule has 102 valence electrons. The van der Waals surface area contributed by atoms with Crippen LogP contribution in [-0.4, -0.2) is 37.6 Å². The molecule has 3 unspecified atom stereocenters. The molecule has 1 heterocycles. The molecule has 1 N–H and O–H groups in total. The Balaban J connectivity index is 0.000000771. The highest BCUT2D eigenvalue weighted by molar-refractivity contribution is 9.09. The van der Waals surface area contributed by atoms with Crippen LogP contribution in [0, 0.1) is 6.92 Å². The number of hydrogen-bond donors (Lipinski definition) is 1. The van der Waals surface area contributed by atoms with Crippen LogP contribution in [0.1, 0.15) is 19.4 Å². The van der Waals surface area contributed by atoms with E-state index < -0.39 is 17.1 Å². The standard InChI is InChI=1S/C11H14BrNO2S.C2H6/c1-8-2-4-9(5-3-8)16(15)13-6-10(12)11(14)7-13;1-2/h2-5,10-11,14H,6-7H2,1H3;1-2H3. The molecule has 1 aliphatic heterocycles. The summed E-state index contributed by atoms with van der Waals surface area (Å²) in [6.07, 6.45) is -0.436. The molecule has 0 aliphatic carbocycles. The molecule has 0 bridgehead atoms. The van der Waals surface area contributed by atoms with Crippen molar-refractivity contribution in [2.75, 3.05) is 13.1 Å². The van der Waals surface area contributed by atoms with Crippen molar-refractivity contribution in [1.82, 2.24) is 4.31 Å². The number of β-amino-alcohol motifs (C(OH)–C–C–N with tert-alkyl or cyclic N) is 1. The summed E-state index contributed by atoms with van der Waals surface area (Å²) in [4.78, 5) is 0.807. The Morgan fingerprint density at radius 3 is 2.28 bits per heavy atom. The van der Waals surface area contributed by atoms with Crippen molar-refractivity contribution >= 4 is 26.9 Å². The van der Waals surface area contributed by atoms with Crippen LogP contribution in [0.3, 0.4) is 0 Å². The smallest absolute Gasteiger partial charge is 0.127 e. The van der Waals surface area contributed by atoms with Crippen molar-refractivity contribution in [3.8, 4) is 0 Å². The van der Waals surface area contributed by atoms with Gasteiger partial charge in [-0.1, -0.05) is 47.5 Å². The first-order valence-corrected chi connectivity index (χ1v) is 8.16. The van der Waals surface area contributed by atoms with Gasteiger partial charge in [0.2, 0.25) is 0 Å². The summed E-state index contributed by atoms with van der Waals surface area (Å²) in [6, 6.07) is 7.65. The van der Waals surface area contributed by atoms with Gasteiger partial charge in [-0.2, -0.15) is 0 Å². The molecule has 1 aromatic rings. The fraction of sp³-hybridized carbons (Fsp3) is 0.538. The summed E-state index contributed by atoms with van der Waals surface area (Å²) in [6.45, 7) is 7.07. The maximum absolute atomic E-state index is 12.2. The third kappa shape index (κ3) is 3.88. The second-order valence-electron chi connectivity index (χ2n) is 3.99. The van der Waals surface area contributed by atoms with Crippen LogP contribution in [0.15, 0.2) is 29.2 Å². The normalized spacial score (nSPS) is 25.4. The monoisotopic (exact) mass is 333 g/mol. The minimum absolute atomic E-state index is 0.0156. The van der Waals surface area contributed by atoms with Gasteiger partial charge >= 0.3 is 0 Å². The number of aryl methyl sites for hydroxylation is 1. The maximum atomic E-state index is 12.2. The van der Waals surface area contributed by atoms with Gasteiger partial charge in [-0.05, 0) is 19.1 Å². The Labute approximate surface area is 120 Å². The molecule has 1 aliphatic rings. The van der Waals surface area contributed by atoms with E-state index in [-0.39, 0.29) is 4.83 Å². The molecule has 5 heteroatoms. The van der Waals surface area contributed by atoms with E-state index in [1.807, 2.05) is 45.0 Å². The largest absolute Gasteiger partial charge is 0.391 e. The van der Waals surface area contributed by atoms with Gasteiger partial charge in [-0.25, -0.2) is 8.51 Å². The van der Waals surface area contributed by atoms with Crippen LogP contribution in [0.5, 0.6) is 0 Å². The van der Waals surface area contributed by atoms with Gasteiger partial charge in [-0.15, -0.1) is 0 Å². The first kappa shape index (κ1) is 15.8. The molecule has 3 atom stereocenters. The lowest BCUT2D eigenvalue weighted by Gasteiger charge is -2.13. The van der Waals surface area contributed by atoms with Crippen molar-refractivity contribution in [3.63, 3.8) is 0 Å². The van der Waals surface area contributed by atoms with E-state index in [2.05, 4.69) is 15.9 Å². The van der Waals surface area contributed by atoms with Gasteiger partial charge in [-0.3, -0.25) is 0 Å². The topological polar surface area (TPSA) is 40.5 Å². The SMILES string of the molecule is CC.Cc1ccc(S(=O)N2CC(O)C(Br)C2)cc1. The third-order valence-electron chi connectivity index (χ3n) is 2.64. The summed E-state index contributed by atoms with van der Waals surface area (Å²) in [5.74, 6) is 0. The molecule has 2 rings (SSSR count). The molecular weight excluding hydrogens is 314 g/mol. The third-order valence-corrected chi connectivity index (χ3v) is 4.99. The average Bonchev–Trinajstić information content (AvgIpc) is 2.72. The predicted octanol–water partition coefficient (Wildman–Crippen LogP) is 2.48. The van der Waals surface area contributed by atoms with Gasteiger partial charge in [0.15, 0.2) is 0 Å². The van der Waals surface area contributed by atoms with Gasteiger partial charge in [0.1, 0.15) is 11.0 Å². The van der Waals surface area contributed by atoms with Crippen molar-refractivity contribution in [2.24, 2.45) is 0 Å². The number of alkyl halides is 1. The van der Waals surface area contributed by atoms with Crippen LogP contribution in [0.2, 0.25) is 0 Å². The molecule has 0 amide bonds. The van der Waals surface area contributed by atoms with E-state index in [9.17, 15) is 9.32 Å². The number of rotatable bonds is 2. The van der Waals surface area contributed by atoms with E-state index in [1.165, 1.54) is 0 Å². The number of aliphatic hydroxyl groups is 1. The average molecular weight is 334 g/mol. The number of nitrogens with zero attached hydrogens (tertiary/aromatic N) is 1. The lowest BCUT2D eigenvalue weighted by atomic mass is 10.2. The minimum atomic E-state index is -1.17. The minimum Gasteiger partial charge on any atom is -0.391 e. The molecule has 18 heavy (non-hydrogen) atoms. The van der Waals surface area contributed by atoms with Gasteiger partial charge in [0.25, 0.3) is 0 Å². The van der Waals surface area contributed by atoms with E-state index in [0.29, 0.717) is 13.1 Å². The fourth-order valence-corrected chi connectivity index (χ4v) is 3.61. The summed E-state index contributed by atoms with van der Waals surface area (Å²) < 4.78 is 13.9. The van der Waals surface area contributed by atoms with E-state index in [0.717, 1.165) is 10.5 Å². The quantitative estimate of drug-likeness (QED) is 0.844. The Kier molecular flexibility index (Phi) is 6.49. The second kappa shape index (κ2) is 7.38. The van der Waals surface area contributed by atoms with Crippen molar-refractivity contribution in [2.45, 2.75) is 36.6 Å². The van der Waals surface area contributed by atoms with Gasteiger partial charge in [0, 0.05) is 13.1 Å². The fourth-order valence-electron chi connectivity index (χ4n) is 1.65. The van der Waals surface area contributed by atoms with E-state index in [1.54, 1.807) is 4.31 Å². The zero-order valence-electron chi connectivity index (χ0n) is 11.0. The lowest BCUT2D eigenvalue weighted by Crippen LogP contribution is -2.24. The summed E-state index contributed by atoms with van der Waals surface area (Å²) in [5.41, 5.74) is 1.15. The molecule has 0 aromatic heterocycles. The molecular formula is C13H20BrNO2S. The molecule has 0 radical (unpaired) electrons. The zero-order valence-corrected chi connectivity index (χ0v) is 13.4. The van der Waals surface area contributed by atoms with Crippen LogP contribution >= 0.6 is 15.9 Å². The summed E-state index contributed by atoms with van der Waals surface area (Å²) >= 11 is 3.37. The summed E-state index contributed by atoms with van der Waals surface area (Å²) in [7, 11) is -1.17. The van der Waals surface area contributed by atoms with Crippen LogP contribution in [0.4, 0.5) is 0 Å². The first-order valence-electron chi connectivity index (χ1n) is 6.13. The Bertz CT molecular complexity index is 386. The Morgan fingerprint density at radius 2 is 1.83 bits per heavy atom. The molecule has 0 saturated carbocycles. The van der Waals surface area contributed by atoms with E-state index >= 15 is 0 Å². The highest BCUT2D eigenvalue weighted by atomic mass is 79.9. The number of hydrogen-bond acceptors (Lipinski definition) is 2. The van der Waals surface area contributed by atoms with Crippen LogP contribution in [0.25, 0.3) is 0 Å². The predicted molar refractivity (Wildman–Crippen MR) is 79.2 cm³/mol. The Hall–Kier alpha value is -0.230. The first-order chi connectivity index (χ1) is 8.58. The van der Waals surface area contributed by atoms with Crippen LogP contribution < -0.4 is 0 Å². The maximum Gasteiger partial charge on any atom is 0.127 e. The second-order valence-corrected chi connectivity index (χ2v) is 6.65. The van der Waals surface area contributed by atoms with Gasteiger partial charge < -0.3 is 5.11 Å². The number of halogens is 1. The zero-order chi connectivity index (χ0) is 13.7. The highest BCUT2D eigenvalue weighted by Gasteiger charge is 2.32. The highest BCUT2D eigenvalue weighted by Crippen LogP contribution is 2.22. The molecule has 0 spiro atoms. The lowest BCUT2D eigenvalue weighted by molar-refractivity contribution is 0.195. The number of aliphatic hydroxyl groups excluding tert-OH is 1. The van der Waals surface area contributed by atoms with Crippen molar-refractivity contribution in [3.05, 3.63) is 29.8 Å². The van der Waals surface area contributed by atoms with Crippen molar-refractivity contribution in [1.29, 1.82) is 0 Å². The molecule has 3 nitrogen and oxygen atoms in total. The van der Waals surface area contributed by atoms with E-state index in [4.69, 9.17) is 0 Å². The molecule has 1 saturated heterocycles. The van der Waals surface area contributed by atoms with Gasteiger partial charge in [0.05, 0.1) is 15.8 Å². The molecule has 1 aromatic carbocycles. The summed E-state index contributed by atoms with van der Waals surface area (Å²) in [5, 5.41) is 9.59. The number of benzene rings is 1. The Morgan fingerprint density at radius 1 is 1.28 bits per heavy atom. The van der Waals surface area contributed by atoms with Crippen LogP contribution in [-0.2, 0) is 11.0 Å². The van der Waals surface area contributed by atoms with Crippen molar-refractivity contribution < 1.29 is 9.32 Å². The molecule has 1 fully saturated rings.